The van der Waals surface area contributed by atoms with E-state index in [-0.39, 0.29) is 0 Å². The molecule has 0 saturated heterocycles. The normalized spacial score (nSPS) is 11.9. The van der Waals surface area contributed by atoms with Gasteiger partial charge in [0.1, 0.15) is 11.4 Å². The highest BCUT2D eigenvalue weighted by Crippen LogP contribution is 2.42. The molecule has 0 unspecified atom stereocenters. The number of rotatable bonds is 14. The number of hydrogen-bond donors (Lipinski definition) is 2. The molecule has 42 heavy (non-hydrogen) atoms. The highest BCUT2D eigenvalue weighted by molar-refractivity contribution is 6.39. The number of unbranched alkanes of at least 4 members (excludes halogenated alkanes) is 1. The third-order valence-corrected chi connectivity index (χ3v) is 7.97. The SMILES string of the molecule is CCCC[C@@H](CC)NCc1ncc(-c2cccc(-c3cccc(-c4cnc(CNC)c(OC)n4)c3Cl)c2Cl)nc1OC. The van der Waals surface area contributed by atoms with Gasteiger partial charge in [-0.2, -0.15) is 0 Å². The molecule has 1 atom stereocenters. The zero-order valence-electron chi connectivity index (χ0n) is 24.8. The fourth-order valence-electron chi connectivity index (χ4n) is 4.81. The van der Waals surface area contributed by atoms with Crippen molar-refractivity contribution in [3.63, 3.8) is 0 Å². The van der Waals surface area contributed by atoms with Gasteiger partial charge in [0.15, 0.2) is 0 Å². The Morgan fingerprint density at radius 2 is 1.26 bits per heavy atom. The first kappa shape index (κ1) is 31.6. The van der Waals surface area contributed by atoms with E-state index in [2.05, 4.69) is 34.4 Å². The van der Waals surface area contributed by atoms with E-state index in [1.54, 1.807) is 26.6 Å². The van der Waals surface area contributed by atoms with Crippen molar-refractivity contribution >= 4 is 23.2 Å². The molecule has 0 aliphatic carbocycles. The molecule has 222 valence electrons. The van der Waals surface area contributed by atoms with E-state index >= 15 is 0 Å². The molecule has 0 spiro atoms. The van der Waals surface area contributed by atoms with Gasteiger partial charge in [-0.05, 0) is 19.9 Å². The molecular weight excluding hydrogens is 571 g/mol. The number of halogens is 2. The number of benzene rings is 2. The quantitative estimate of drug-likeness (QED) is 0.153. The van der Waals surface area contributed by atoms with E-state index in [1.165, 1.54) is 12.8 Å². The van der Waals surface area contributed by atoms with E-state index in [4.69, 9.17) is 42.6 Å². The third-order valence-electron chi connectivity index (χ3n) is 7.15. The zero-order valence-corrected chi connectivity index (χ0v) is 26.3. The number of nitrogens with zero attached hydrogens (tertiary/aromatic N) is 4. The fraction of sp³-hybridized carbons (Fsp3) is 0.375. The van der Waals surface area contributed by atoms with E-state index in [0.717, 1.165) is 40.8 Å². The topological polar surface area (TPSA) is 94.1 Å². The summed E-state index contributed by atoms with van der Waals surface area (Å²) in [5.41, 5.74) is 5.67. The van der Waals surface area contributed by atoms with Gasteiger partial charge in [0.2, 0.25) is 11.8 Å². The predicted molar refractivity (Wildman–Crippen MR) is 170 cm³/mol. The number of hydrogen-bond acceptors (Lipinski definition) is 8. The van der Waals surface area contributed by atoms with Crippen LogP contribution in [0.1, 0.15) is 50.9 Å². The Labute approximate surface area is 258 Å². The van der Waals surface area contributed by atoms with Crippen LogP contribution in [0.25, 0.3) is 33.6 Å². The average molecular weight is 610 g/mol. The van der Waals surface area contributed by atoms with Gasteiger partial charge >= 0.3 is 0 Å². The molecule has 0 saturated carbocycles. The van der Waals surface area contributed by atoms with Crippen molar-refractivity contribution in [1.82, 2.24) is 30.6 Å². The van der Waals surface area contributed by atoms with Crippen molar-refractivity contribution in [1.29, 1.82) is 0 Å². The number of ether oxygens (including phenoxy) is 2. The van der Waals surface area contributed by atoms with Crippen LogP contribution in [-0.2, 0) is 13.1 Å². The van der Waals surface area contributed by atoms with Crippen LogP contribution in [0, 0.1) is 0 Å². The lowest BCUT2D eigenvalue weighted by molar-refractivity contribution is 0.381. The standard InChI is InChI=1S/C32H38Cl2N6O2/c1-6-8-11-20(7-2)36-19-28-32(42-5)40-26(18-38-28)24-15-10-13-22(30(24)34)21-12-9-14-23(29(21)33)25-17-37-27(16-35-3)31(39-25)41-4/h9-10,12-15,17-18,20,35-36H,6-8,11,16,19H2,1-5H3/t20-/m1/s1. The number of methoxy groups -OCH3 is 2. The van der Waals surface area contributed by atoms with Gasteiger partial charge in [0.25, 0.3) is 0 Å². The summed E-state index contributed by atoms with van der Waals surface area (Å²) >= 11 is 14.0. The van der Waals surface area contributed by atoms with Gasteiger partial charge in [0, 0.05) is 41.4 Å². The Morgan fingerprint density at radius 3 is 1.71 bits per heavy atom. The van der Waals surface area contributed by atoms with E-state index in [9.17, 15) is 0 Å². The summed E-state index contributed by atoms with van der Waals surface area (Å²) in [6.07, 6.45) is 8.00. The van der Waals surface area contributed by atoms with Gasteiger partial charge in [-0.15, -0.1) is 0 Å². The van der Waals surface area contributed by atoms with Crippen molar-refractivity contribution in [3.8, 4) is 45.4 Å². The summed E-state index contributed by atoms with van der Waals surface area (Å²) in [5, 5.41) is 7.68. The summed E-state index contributed by atoms with van der Waals surface area (Å²) in [7, 11) is 5.03. The zero-order chi connectivity index (χ0) is 30.1. The molecule has 0 fully saturated rings. The molecule has 2 aromatic carbocycles. The van der Waals surface area contributed by atoms with Crippen LogP contribution in [-0.4, -0.2) is 47.2 Å². The first-order chi connectivity index (χ1) is 20.4. The van der Waals surface area contributed by atoms with Crippen molar-refractivity contribution in [2.24, 2.45) is 0 Å². The lowest BCUT2D eigenvalue weighted by Gasteiger charge is -2.17. The van der Waals surface area contributed by atoms with Gasteiger partial charge in [-0.25, -0.2) is 9.97 Å². The Balaban J connectivity index is 1.66. The van der Waals surface area contributed by atoms with Crippen molar-refractivity contribution in [2.75, 3.05) is 21.3 Å². The predicted octanol–water partition coefficient (Wildman–Crippen LogP) is 7.37. The Morgan fingerprint density at radius 1 is 0.762 bits per heavy atom. The van der Waals surface area contributed by atoms with Crippen molar-refractivity contribution < 1.29 is 9.47 Å². The van der Waals surface area contributed by atoms with E-state index < -0.39 is 0 Å². The van der Waals surface area contributed by atoms with Crippen LogP contribution < -0.4 is 20.1 Å². The average Bonchev–Trinajstić information content (AvgIpc) is 3.02. The second-order valence-electron chi connectivity index (χ2n) is 9.92. The van der Waals surface area contributed by atoms with Crippen LogP contribution in [0.15, 0.2) is 48.8 Å². The van der Waals surface area contributed by atoms with Crippen molar-refractivity contribution in [3.05, 3.63) is 70.2 Å². The highest BCUT2D eigenvalue weighted by Gasteiger charge is 2.19. The summed E-state index contributed by atoms with van der Waals surface area (Å²) in [6, 6.07) is 12.0. The lowest BCUT2D eigenvalue weighted by Crippen LogP contribution is -2.28. The maximum Gasteiger partial charge on any atom is 0.237 e. The van der Waals surface area contributed by atoms with Gasteiger partial charge in [0.05, 0.1) is 48.0 Å². The second-order valence-corrected chi connectivity index (χ2v) is 10.7. The maximum atomic E-state index is 7.02. The Bertz CT molecular complexity index is 1500. The molecular formula is C32H38Cl2N6O2. The number of nitrogens with one attached hydrogen (secondary N) is 2. The molecule has 0 aliphatic rings. The van der Waals surface area contributed by atoms with Crippen LogP contribution >= 0.6 is 23.2 Å². The molecule has 2 aromatic heterocycles. The van der Waals surface area contributed by atoms with Crippen molar-refractivity contribution in [2.45, 2.75) is 58.7 Å². The minimum Gasteiger partial charge on any atom is -0.480 e. The summed E-state index contributed by atoms with van der Waals surface area (Å²) in [6.45, 7) is 5.52. The number of aromatic nitrogens is 4. The summed E-state index contributed by atoms with van der Waals surface area (Å²) in [5.74, 6) is 0.918. The summed E-state index contributed by atoms with van der Waals surface area (Å²) < 4.78 is 11.1. The maximum absolute atomic E-state index is 7.02. The lowest BCUT2D eigenvalue weighted by atomic mass is 9.98. The monoisotopic (exact) mass is 608 g/mol. The highest BCUT2D eigenvalue weighted by atomic mass is 35.5. The molecule has 4 aromatic rings. The smallest absolute Gasteiger partial charge is 0.237 e. The molecule has 2 N–H and O–H groups in total. The summed E-state index contributed by atoms with van der Waals surface area (Å²) in [4.78, 5) is 18.7. The van der Waals surface area contributed by atoms with Gasteiger partial charge in [-0.1, -0.05) is 86.3 Å². The van der Waals surface area contributed by atoms with Crippen LogP contribution in [0.3, 0.4) is 0 Å². The molecule has 2 heterocycles. The van der Waals surface area contributed by atoms with Crippen LogP contribution in [0.2, 0.25) is 10.0 Å². The van der Waals surface area contributed by atoms with Gasteiger partial charge < -0.3 is 20.1 Å². The van der Waals surface area contributed by atoms with Crippen LogP contribution in [0.5, 0.6) is 11.8 Å². The molecule has 0 bridgehead atoms. The largest absolute Gasteiger partial charge is 0.480 e. The Hall–Kier alpha value is -3.30. The fourth-order valence-corrected chi connectivity index (χ4v) is 5.46. The first-order valence-electron chi connectivity index (χ1n) is 14.2. The molecule has 0 aliphatic heterocycles. The molecule has 8 nitrogen and oxygen atoms in total. The first-order valence-corrected chi connectivity index (χ1v) is 15.0. The van der Waals surface area contributed by atoms with Gasteiger partial charge in [-0.3, -0.25) is 9.97 Å². The van der Waals surface area contributed by atoms with Crippen LogP contribution in [0.4, 0.5) is 0 Å². The second kappa shape index (κ2) is 15.3. The minimum atomic E-state index is 0.432. The molecule has 10 heteroatoms. The van der Waals surface area contributed by atoms with E-state index in [0.29, 0.717) is 58.0 Å². The minimum absolute atomic E-state index is 0.432. The third kappa shape index (κ3) is 7.18. The Kier molecular flexibility index (Phi) is 11.5. The molecule has 0 radical (unpaired) electrons. The molecule has 0 amide bonds. The molecule has 4 rings (SSSR count). The van der Waals surface area contributed by atoms with E-state index in [1.807, 2.05) is 43.4 Å².